The molecule has 4 heteroatoms. The molecule has 20 heavy (non-hydrogen) atoms. The number of hydrogen-bond donors (Lipinski definition) is 1. The van der Waals surface area contributed by atoms with Crippen molar-refractivity contribution in [3.63, 3.8) is 0 Å². The molecule has 1 atom stereocenters. The van der Waals surface area contributed by atoms with Crippen molar-refractivity contribution in [2.45, 2.75) is 70.3 Å². The third kappa shape index (κ3) is 5.61. The molecule has 2 fully saturated rings. The molecular weight excluding hydrogens is 272 g/mol. The molecule has 1 N–H and O–H groups in total. The number of amides is 1. The lowest BCUT2D eigenvalue weighted by molar-refractivity contribution is -0.132. The average Bonchev–Trinajstić information content (AvgIpc) is 2.74. The van der Waals surface area contributed by atoms with Crippen LogP contribution < -0.4 is 5.32 Å². The first-order valence-corrected chi connectivity index (χ1v) is 8.24. The van der Waals surface area contributed by atoms with Gasteiger partial charge in [0.1, 0.15) is 0 Å². The molecule has 1 amide bonds. The minimum Gasteiger partial charge on any atom is -0.343 e. The molecule has 118 valence electrons. The van der Waals surface area contributed by atoms with Crippen molar-refractivity contribution in [1.29, 1.82) is 0 Å². The predicted molar refractivity (Wildman–Crippen MR) is 86.3 cm³/mol. The highest BCUT2D eigenvalue weighted by molar-refractivity contribution is 5.85. The molecular formula is C16H31ClN2O. The first kappa shape index (κ1) is 17.8. The van der Waals surface area contributed by atoms with Gasteiger partial charge in [-0.3, -0.25) is 4.79 Å². The van der Waals surface area contributed by atoms with Crippen LogP contribution in [0.25, 0.3) is 0 Å². The van der Waals surface area contributed by atoms with Crippen LogP contribution >= 0.6 is 12.4 Å². The highest BCUT2D eigenvalue weighted by Crippen LogP contribution is 2.27. The SMILES string of the molecule is CN(C(=O)CCC1CCCCC1)C1CCCNCC1.Cl. The monoisotopic (exact) mass is 302 g/mol. The molecule has 1 aliphatic heterocycles. The predicted octanol–water partition coefficient (Wildman–Crippen LogP) is 3.37. The Morgan fingerprint density at radius 2 is 1.80 bits per heavy atom. The molecule has 1 heterocycles. The van der Waals surface area contributed by atoms with E-state index in [1.807, 2.05) is 11.9 Å². The Kier molecular flexibility index (Phi) is 8.55. The normalized spacial score (nSPS) is 24.6. The van der Waals surface area contributed by atoms with Gasteiger partial charge in [-0.25, -0.2) is 0 Å². The van der Waals surface area contributed by atoms with Crippen LogP contribution in [0.4, 0.5) is 0 Å². The van der Waals surface area contributed by atoms with Crippen LogP contribution in [-0.4, -0.2) is 37.0 Å². The zero-order chi connectivity index (χ0) is 13.5. The third-order valence-corrected chi connectivity index (χ3v) is 4.98. The van der Waals surface area contributed by atoms with E-state index < -0.39 is 0 Å². The molecule has 0 radical (unpaired) electrons. The quantitative estimate of drug-likeness (QED) is 0.863. The molecule has 1 unspecified atom stereocenters. The summed E-state index contributed by atoms with van der Waals surface area (Å²) in [6.07, 6.45) is 12.2. The molecule has 2 rings (SSSR count). The van der Waals surface area contributed by atoms with Crippen molar-refractivity contribution >= 4 is 18.3 Å². The molecule has 0 bridgehead atoms. The number of carbonyl (C=O) groups is 1. The lowest BCUT2D eigenvalue weighted by Gasteiger charge is -2.28. The minimum atomic E-state index is 0. The van der Waals surface area contributed by atoms with Crippen molar-refractivity contribution in [2.24, 2.45) is 5.92 Å². The number of nitrogens with one attached hydrogen (secondary N) is 1. The zero-order valence-corrected chi connectivity index (χ0v) is 13.7. The fraction of sp³-hybridized carbons (Fsp3) is 0.938. The van der Waals surface area contributed by atoms with Crippen LogP contribution in [-0.2, 0) is 4.79 Å². The Morgan fingerprint density at radius 1 is 1.05 bits per heavy atom. The zero-order valence-electron chi connectivity index (χ0n) is 12.9. The summed E-state index contributed by atoms with van der Waals surface area (Å²) in [4.78, 5) is 14.3. The summed E-state index contributed by atoms with van der Waals surface area (Å²) in [6, 6.07) is 0.467. The maximum atomic E-state index is 12.3. The van der Waals surface area contributed by atoms with Gasteiger partial charge in [-0.2, -0.15) is 0 Å². The Morgan fingerprint density at radius 3 is 2.55 bits per heavy atom. The van der Waals surface area contributed by atoms with E-state index in [0.29, 0.717) is 11.9 Å². The van der Waals surface area contributed by atoms with Crippen molar-refractivity contribution in [3.8, 4) is 0 Å². The van der Waals surface area contributed by atoms with Gasteiger partial charge in [0.25, 0.3) is 0 Å². The molecule has 0 aromatic heterocycles. The van der Waals surface area contributed by atoms with E-state index in [1.54, 1.807) is 0 Å². The van der Waals surface area contributed by atoms with Crippen LogP contribution in [0.3, 0.4) is 0 Å². The van der Waals surface area contributed by atoms with E-state index in [4.69, 9.17) is 0 Å². The minimum absolute atomic E-state index is 0. The highest BCUT2D eigenvalue weighted by Gasteiger charge is 2.22. The molecule has 0 aromatic rings. The summed E-state index contributed by atoms with van der Waals surface area (Å²) < 4.78 is 0. The molecule has 1 saturated heterocycles. The number of halogens is 1. The van der Waals surface area contributed by atoms with E-state index in [2.05, 4.69) is 5.32 Å². The summed E-state index contributed by atoms with van der Waals surface area (Å²) in [5, 5.41) is 3.42. The standard InChI is InChI=1S/C16H30N2O.ClH/c1-18(15-8-5-12-17-13-11-15)16(19)10-9-14-6-3-2-4-7-14;/h14-15,17H,2-13H2,1H3;1H. The summed E-state index contributed by atoms with van der Waals surface area (Å²) in [5.41, 5.74) is 0. The van der Waals surface area contributed by atoms with Gasteiger partial charge >= 0.3 is 0 Å². The first-order valence-electron chi connectivity index (χ1n) is 8.24. The van der Waals surface area contributed by atoms with Crippen LogP contribution in [0.5, 0.6) is 0 Å². The van der Waals surface area contributed by atoms with E-state index in [0.717, 1.165) is 38.3 Å². The second-order valence-corrected chi connectivity index (χ2v) is 6.38. The van der Waals surface area contributed by atoms with E-state index >= 15 is 0 Å². The van der Waals surface area contributed by atoms with Gasteiger partial charge in [-0.1, -0.05) is 32.1 Å². The van der Waals surface area contributed by atoms with E-state index in [1.165, 1.54) is 44.9 Å². The van der Waals surface area contributed by atoms with Gasteiger partial charge in [0, 0.05) is 19.5 Å². The number of rotatable bonds is 4. The Hall–Kier alpha value is -0.280. The second kappa shape index (κ2) is 9.62. The van der Waals surface area contributed by atoms with Gasteiger partial charge in [0.05, 0.1) is 0 Å². The summed E-state index contributed by atoms with van der Waals surface area (Å²) in [6.45, 7) is 2.17. The fourth-order valence-electron chi connectivity index (χ4n) is 3.57. The molecule has 1 aliphatic carbocycles. The maximum absolute atomic E-state index is 12.3. The van der Waals surface area contributed by atoms with Crippen molar-refractivity contribution in [2.75, 3.05) is 20.1 Å². The number of nitrogens with zero attached hydrogens (tertiary/aromatic N) is 1. The van der Waals surface area contributed by atoms with Crippen LogP contribution in [0.2, 0.25) is 0 Å². The van der Waals surface area contributed by atoms with Crippen LogP contribution in [0, 0.1) is 5.92 Å². The van der Waals surface area contributed by atoms with Gasteiger partial charge in [-0.05, 0) is 44.7 Å². The van der Waals surface area contributed by atoms with Gasteiger partial charge in [-0.15, -0.1) is 12.4 Å². The van der Waals surface area contributed by atoms with Gasteiger partial charge in [0.2, 0.25) is 5.91 Å². The lowest BCUT2D eigenvalue weighted by Crippen LogP contribution is -2.37. The largest absolute Gasteiger partial charge is 0.343 e. The number of hydrogen-bond acceptors (Lipinski definition) is 2. The second-order valence-electron chi connectivity index (χ2n) is 6.38. The first-order chi connectivity index (χ1) is 9.27. The number of carbonyl (C=O) groups excluding carboxylic acids is 1. The molecule has 2 aliphatic rings. The van der Waals surface area contributed by atoms with Crippen molar-refractivity contribution in [3.05, 3.63) is 0 Å². The van der Waals surface area contributed by atoms with Gasteiger partial charge < -0.3 is 10.2 Å². The molecule has 1 saturated carbocycles. The summed E-state index contributed by atoms with van der Waals surface area (Å²) in [5.74, 6) is 1.19. The molecule has 0 spiro atoms. The third-order valence-electron chi connectivity index (χ3n) is 4.98. The van der Waals surface area contributed by atoms with E-state index in [-0.39, 0.29) is 12.4 Å². The smallest absolute Gasteiger partial charge is 0.222 e. The maximum Gasteiger partial charge on any atom is 0.222 e. The fourth-order valence-corrected chi connectivity index (χ4v) is 3.57. The highest BCUT2D eigenvalue weighted by atomic mass is 35.5. The summed E-state index contributed by atoms with van der Waals surface area (Å²) >= 11 is 0. The summed E-state index contributed by atoms with van der Waals surface area (Å²) in [7, 11) is 2.01. The van der Waals surface area contributed by atoms with Crippen molar-refractivity contribution < 1.29 is 4.79 Å². The van der Waals surface area contributed by atoms with Crippen molar-refractivity contribution in [1.82, 2.24) is 10.2 Å². The lowest BCUT2D eigenvalue weighted by atomic mass is 9.86. The van der Waals surface area contributed by atoms with Gasteiger partial charge in [0.15, 0.2) is 0 Å². The Balaban J connectivity index is 0.00000200. The van der Waals surface area contributed by atoms with Crippen LogP contribution in [0.15, 0.2) is 0 Å². The molecule has 3 nitrogen and oxygen atoms in total. The Labute approximate surface area is 130 Å². The topological polar surface area (TPSA) is 32.3 Å². The molecule has 0 aromatic carbocycles. The Bertz CT molecular complexity index is 272. The average molecular weight is 303 g/mol. The van der Waals surface area contributed by atoms with E-state index in [9.17, 15) is 4.79 Å². The van der Waals surface area contributed by atoms with Crippen LogP contribution in [0.1, 0.15) is 64.2 Å².